The van der Waals surface area contributed by atoms with E-state index in [9.17, 15) is 0 Å². The first-order valence-electron chi connectivity index (χ1n) is 6.90. The van der Waals surface area contributed by atoms with E-state index in [0.717, 1.165) is 28.1 Å². The molecule has 0 saturated carbocycles. The predicted octanol–water partition coefficient (Wildman–Crippen LogP) is 5.02. The monoisotopic (exact) mass is 371 g/mol. The van der Waals surface area contributed by atoms with Crippen LogP contribution in [0.5, 0.6) is 5.75 Å². The van der Waals surface area contributed by atoms with Gasteiger partial charge in [0.05, 0.1) is 17.3 Å². The van der Waals surface area contributed by atoms with E-state index in [1.807, 2.05) is 24.3 Å². The highest BCUT2D eigenvalue weighted by molar-refractivity contribution is 9.10. The van der Waals surface area contributed by atoms with Crippen molar-refractivity contribution < 1.29 is 9.15 Å². The second-order valence-electron chi connectivity index (χ2n) is 5.26. The Kier molecular flexibility index (Phi) is 6.15. The molecule has 114 valence electrons. The molecule has 0 amide bonds. The van der Waals surface area contributed by atoms with E-state index < -0.39 is 0 Å². The average molecular weight is 373 g/mol. The number of hydrogen-bond acceptors (Lipinski definition) is 3. The molecule has 0 saturated heterocycles. The standard InChI is InChI=1S/C16H19BrClNO2/c1-11(2)8-19-9-16-12(5-6-20-16)10-21-15-4-3-13(18)7-14(15)17/h3-7,11,19H,8-10H2,1-2H3. The van der Waals surface area contributed by atoms with Gasteiger partial charge in [-0.3, -0.25) is 0 Å². The fourth-order valence-electron chi connectivity index (χ4n) is 1.87. The quantitative estimate of drug-likeness (QED) is 0.741. The lowest BCUT2D eigenvalue weighted by Gasteiger charge is -2.10. The third-order valence-electron chi connectivity index (χ3n) is 2.95. The molecule has 1 aromatic heterocycles. The predicted molar refractivity (Wildman–Crippen MR) is 88.7 cm³/mol. The Labute approximate surface area is 138 Å². The first-order valence-corrected chi connectivity index (χ1v) is 8.07. The van der Waals surface area contributed by atoms with Gasteiger partial charge in [-0.15, -0.1) is 0 Å². The molecule has 21 heavy (non-hydrogen) atoms. The molecule has 0 atom stereocenters. The third kappa shape index (κ3) is 5.06. The summed E-state index contributed by atoms with van der Waals surface area (Å²) in [5, 5.41) is 4.05. The van der Waals surface area contributed by atoms with E-state index in [2.05, 4.69) is 35.1 Å². The molecular weight excluding hydrogens is 354 g/mol. The number of furan rings is 1. The highest BCUT2D eigenvalue weighted by atomic mass is 79.9. The topological polar surface area (TPSA) is 34.4 Å². The third-order valence-corrected chi connectivity index (χ3v) is 3.81. The first-order chi connectivity index (χ1) is 10.1. The van der Waals surface area contributed by atoms with E-state index >= 15 is 0 Å². The Morgan fingerprint density at radius 2 is 2.14 bits per heavy atom. The highest BCUT2D eigenvalue weighted by Crippen LogP contribution is 2.29. The number of rotatable bonds is 7. The molecule has 1 aromatic carbocycles. The molecule has 2 rings (SSSR count). The van der Waals surface area contributed by atoms with Gasteiger partial charge in [-0.1, -0.05) is 25.4 Å². The number of halogens is 2. The van der Waals surface area contributed by atoms with Crippen LogP contribution in [0.25, 0.3) is 0 Å². The highest BCUT2D eigenvalue weighted by Gasteiger charge is 2.09. The van der Waals surface area contributed by atoms with Gasteiger partial charge in [0.2, 0.25) is 0 Å². The van der Waals surface area contributed by atoms with Crippen LogP contribution in [0.3, 0.4) is 0 Å². The van der Waals surface area contributed by atoms with Gasteiger partial charge >= 0.3 is 0 Å². The zero-order valence-corrected chi connectivity index (χ0v) is 14.5. The van der Waals surface area contributed by atoms with Crippen molar-refractivity contribution in [2.75, 3.05) is 6.54 Å². The van der Waals surface area contributed by atoms with Crippen LogP contribution in [0.2, 0.25) is 5.02 Å². The zero-order chi connectivity index (χ0) is 15.2. The summed E-state index contributed by atoms with van der Waals surface area (Å²) < 4.78 is 12.2. The minimum atomic E-state index is 0.468. The molecule has 0 aliphatic heterocycles. The fraction of sp³-hybridized carbons (Fsp3) is 0.375. The van der Waals surface area contributed by atoms with E-state index in [4.69, 9.17) is 20.8 Å². The molecule has 0 radical (unpaired) electrons. The normalized spacial score (nSPS) is 11.1. The van der Waals surface area contributed by atoms with Crippen LogP contribution in [0.1, 0.15) is 25.2 Å². The van der Waals surface area contributed by atoms with Crippen LogP contribution < -0.4 is 10.1 Å². The van der Waals surface area contributed by atoms with Crippen molar-refractivity contribution in [3.05, 3.63) is 51.3 Å². The Morgan fingerprint density at radius 1 is 1.33 bits per heavy atom. The molecule has 5 heteroatoms. The summed E-state index contributed by atoms with van der Waals surface area (Å²) in [4.78, 5) is 0. The molecule has 0 aliphatic carbocycles. The second-order valence-corrected chi connectivity index (χ2v) is 6.55. The molecule has 2 aromatic rings. The molecule has 0 bridgehead atoms. The van der Waals surface area contributed by atoms with Crippen molar-refractivity contribution in [3.63, 3.8) is 0 Å². The fourth-order valence-corrected chi connectivity index (χ4v) is 2.67. The minimum Gasteiger partial charge on any atom is -0.488 e. The Balaban J connectivity index is 1.92. The molecule has 0 aliphatic rings. The minimum absolute atomic E-state index is 0.468. The summed E-state index contributed by atoms with van der Waals surface area (Å²) in [7, 11) is 0. The van der Waals surface area contributed by atoms with Gasteiger partial charge in [-0.05, 0) is 52.7 Å². The van der Waals surface area contributed by atoms with Crippen LogP contribution in [-0.4, -0.2) is 6.54 Å². The summed E-state index contributed by atoms with van der Waals surface area (Å²) in [5.74, 6) is 2.30. The van der Waals surface area contributed by atoms with Gasteiger partial charge in [0, 0.05) is 10.6 Å². The summed E-state index contributed by atoms with van der Waals surface area (Å²) in [6, 6.07) is 7.42. The van der Waals surface area contributed by atoms with Gasteiger partial charge in [0.25, 0.3) is 0 Å². The van der Waals surface area contributed by atoms with Crippen molar-refractivity contribution in [1.82, 2.24) is 5.32 Å². The lowest BCUT2D eigenvalue weighted by atomic mass is 10.2. The van der Waals surface area contributed by atoms with E-state index in [1.165, 1.54) is 0 Å². The Hall–Kier alpha value is -0.970. The van der Waals surface area contributed by atoms with Crippen molar-refractivity contribution in [2.45, 2.75) is 27.0 Å². The van der Waals surface area contributed by atoms with Gasteiger partial charge < -0.3 is 14.5 Å². The van der Waals surface area contributed by atoms with Crippen LogP contribution in [0.4, 0.5) is 0 Å². The smallest absolute Gasteiger partial charge is 0.134 e. The zero-order valence-electron chi connectivity index (χ0n) is 12.2. The number of nitrogens with one attached hydrogen (secondary N) is 1. The number of ether oxygens (including phenoxy) is 1. The summed E-state index contributed by atoms with van der Waals surface area (Å²) in [5.41, 5.74) is 1.05. The van der Waals surface area contributed by atoms with Crippen molar-refractivity contribution in [2.24, 2.45) is 5.92 Å². The SMILES string of the molecule is CC(C)CNCc1occc1COc1ccc(Cl)cc1Br. The molecule has 3 nitrogen and oxygen atoms in total. The average Bonchev–Trinajstić information content (AvgIpc) is 2.85. The number of hydrogen-bond donors (Lipinski definition) is 1. The Bertz CT molecular complexity index is 583. The largest absolute Gasteiger partial charge is 0.488 e. The van der Waals surface area contributed by atoms with Crippen molar-refractivity contribution in [3.8, 4) is 5.75 Å². The molecule has 0 unspecified atom stereocenters. The molecule has 1 N–H and O–H groups in total. The van der Waals surface area contributed by atoms with E-state index in [-0.39, 0.29) is 0 Å². The number of benzene rings is 1. The molecular formula is C16H19BrClNO2. The maximum Gasteiger partial charge on any atom is 0.134 e. The molecule has 0 spiro atoms. The van der Waals surface area contributed by atoms with Crippen LogP contribution >= 0.6 is 27.5 Å². The first kappa shape index (κ1) is 16.4. The van der Waals surface area contributed by atoms with E-state index in [1.54, 1.807) is 6.26 Å². The van der Waals surface area contributed by atoms with Crippen molar-refractivity contribution in [1.29, 1.82) is 0 Å². The lowest BCUT2D eigenvalue weighted by Crippen LogP contribution is -2.19. The summed E-state index contributed by atoms with van der Waals surface area (Å²) in [6.45, 7) is 6.50. The Morgan fingerprint density at radius 3 is 2.86 bits per heavy atom. The van der Waals surface area contributed by atoms with Gasteiger partial charge in [-0.2, -0.15) is 0 Å². The van der Waals surface area contributed by atoms with Crippen LogP contribution in [0, 0.1) is 5.92 Å². The maximum atomic E-state index is 5.92. The van der Waals surface area contributed by atoms with E-state index in [0.29, 0.717) is 24.1 Å². The second kappa shape index (κ2) is 7.87. The van der Waals surface area contributed by atoms with Crippen molar-refractivity contribution >= 4 is 27.5 Å². The van der Waals surface area contributed by atoms with Crippen LogP contribution in [-0.2, 0) is 13.2 Å². The summed E-state index contributed by atoms with van der Waals surface area (Å²) in [6.07, 6.45) is 1.70. The maximum absolute atomic E-state index is 5.92. The molecule has 1 heterocycles. The summed E-state index contributed by atoms with van der Waals surface area (Å²) >= 11 is 9.36. The van der Waals surface area contributed by atoms with Gasteiger partial charge in [0.15, 0.2) is 0 Å². The van der Waals surface area contributed by atoms with Gasteiger partial charge in [-0.25, -0.2) is 0 Å². The molecule has 0 fully saturated rings. The van der Waals surface area contributed by atoms with Gasteiger partial charge in [0.1, 0.15) is 18.1 Å². The lowest BCUT2D eigenvalue weighted by molar-refractivity contribution is 0.299. The van der Waals surface area contributed by atoms with Crippen LogP contribution in [0.15, 0.2) is 39.4 Å².